The van der Waals surface area contributed by atoms with Gasteiger partial charge in [-0.3, -0.25) is 9.78 Å². The Labute approximate surface area is 253 Å². The summed E-state index contributed by atoms with van der Waals surface area (Å²) in [5.41, 5.74) is 2.56. The van der Waals surface area contributed by atoms with Crippen LogP contribution in [-0.2, 0) is 16.0 Å². The summed E-state index contributed by atoms with van der Waals surface area (Å²) in [5, 5.41) is 3.35. The molecule has 1 aliphatic heterocycles. The van der Waals surface area contributed by atoms with E-state index < -0.39 is 5.60 Å². The molecule has 1 N–H and O–H groups in total. The van der Waals surface area contributed by atoms with Crippen molar-refractivity contribution in [3.05, 3.63) is 52.9 Å². The maximum absolute atomic E-state index is 12.9. The normalized spacial score (nSPS) is 28.3. The number of hydrogen-bond acceptors (Lipinski definition) is 6. The van der Waals surface area contributed by atoms with Gasteiger partial charge in [0, 0.05) is 18.8 Å². The first-order valence-corrected chi connectivity index (χ1v) is 15.6. The summed E-state index contributed by atoms with van der Waals surface area (Å²) in [7, 11) is 0. The molecule has 2 amide bonds. The first-order chi connectivity index (χ1) is 19.9. The fraction of sp³-hybridized carbons (Fsp3) is 0.576. The second kappa shape index (κ2) is 11.2. The lowest BCUT2D eigenvalue weighted by Gasteiger charge is -2.51. The molecule has 0 saturated heterocycles. The van der Waals surface area contributed by atoms with Crippen molar-refractivity contribution in [2.24, 2.45) is 23.2 Å². The molecule has 4 unspecified atom stereocenters. The molecule has 3 saturated carbocycles. The van der Waals surface area contributed by atoms with E-state index in [-0.39, 0.29) is 24.5 Å². The Hall–Kier alpha value is -3.13. The maximum Gasteiger partial charge on any atom is 0.410 e. The number of aromatic nitrogens is 2. The minimum absolute atomic E-state index is 0.151. The van der Waals surface area contributed by atoms with E-state index in [1.807, 2.05) is 32.9 Å². The number of nitrogens with zero attached hydrogens (tertiary/aromatic N) is 3. The zero-order chi connectivity index (χ0) is 29.6. The van der Waals surface area contributed by atoms with E-state index in [0.29, 0.717) is 35.1 Å². The number of hydrogen-bond donors (Lipinski definition) is 1. The minimum atomic E-state index is -0.539. The van der Waals surface area contributed by atoms with Gasteiger partial charge in [0.15, 0.2) is 0 Å². The van der Waals surface area contributed by atoms with Crippen LogP contribution in [0.25, 0.3) is 5.57 Å². The Morgan fingerprint density at radius 1 is 1.14 bits per heavy atom. The molecule has 42 heavy (non-hydrogen) atoms. The molecule has 3 heterocycles. The van der Waals surface area contributed by atoms with Gasteiger partial charge in [-0.25, -0.2) is 9.78 Å². The standard InChI is InChI=1S/C33H41ClN4O4/c1-32(2,3)42-31(40)38-9-5-6-22(19-38)27-8-7-20(17-35-27)12-30(39)37-29-14-28(26(34)18-36-29)41-24-10-21-11-25-23(13-24)16-33(25,4)15-21/h6-8,14,17-18,21,23-25H,5,9-13,15-16,19H2,1-4H3,(H,36,37,39)/t21?,23?,24?,25?,33-/m1/s1. The van der Waals surface area contributed by atoms with Crippen molar-refractivity contribution in [1.82, 2.24) is 14.9 Å². The largest absolute Gasteiger partial charge is 0.489 e. The molecular formula is C33H41ClN4O4. The van der Waals surface area contributed by atoms with Gasteiger partial charge in [0.05, 0.1) is 31.0 Å². The van der Waals surface area contributed by atoms with Crippen molar-refractivity contribution >= 4 is 35.0 Å². The molecule has 3 aliphatic carbocycles. The van der Waals surface area contributed by atoms with Crippen LogP contribution in [0.5, 0.6) is 5.75 Å². The predicted molar refractivity (Wildman–Crippen MR) is 162 cm³/mol. The third-order valence-electron chi connectivity index (χ3n) is 9.40. The number of nitrogens with one attached hydrogen (secondary N) is 1. The molecule has 4 aliphatic rings. The van der Waals surface area contributed by atoms with Crippen molar-refractivity contribution in [3.63, 3.8) is 0 Å². The van der Waals surface area contributed by atoms with Crippen molar-refractivity contribution in [2.75, 3.05) is 18.4 Å². The average Bonchev–Trinajstić information content (AvgIpc) is 3.07. The van der Waals surface area contributed by atoms with Crippen LogP contribution in [0.3, 0.4) is 0 Å². The second-order valence-corrected chi connectivity index (χ2v) is 14.3. The lowest BCUT2D eigenvalue weighted by Crippen LogP contribution is -2.44. The van der Waals surface area contributed by atoms with Gasteiger partial charge in [0.1, 0.15) is 22.2 Å². The molecule has 5 atom stereocenters. The highest BCUT2D eigenvalue weighted by atomic mass is 35.5. The zero-order valence-electron chi connectivity index (χ0n) is 25.0. The summed E-state index contributed by atoms with van der Waals surface area (Å²) in [6.07, 6.45) is 12.2. The van der Waals surface area contributed by atoms with Gasteiger partial charge in [-0.05, 0) is 99.7 Å². The number of rotatable bonds is 6. The van der Waals surface area contributed by atoms with E-state index in [9.17, 15) is 9.59 Å². The number of fused-ring (bicyclic) bond motifs is 1. The van der Waals surface area contributed by atoms with Crippen LogP contribution >= 0.6 is 11.6 Å². The van der Waals surface area contributed by atoms with Gasteiger partial charge in [-0.2, -0.15) is 0 Å². The van der Waals surface area contributed by atoms with Crippen LogP contribution in [0, 0.1) is 23.2 Å². The van der Waals surface area contributed by atoms with Crippen molar-refractivity contribution in [3.8, 4) is 5.75 Å². The Kier molecular flexibility index (Phi) is 7.71. The molecule has 224 valence electrons. The van der Waals surface area contributed by atoms with E-state index in [2.05, 4.69) is 28.3 Å². The molecule has 2 aromatic rings. The maximum atomic E-state index is 12.9. The molecule has 0 radical (unpaired) electrons. The first kappa shape index (κ1) is 29.0. The molecule has 8 nitrogen and oxygen atoms in total. The first-order valence-electron chi connectivity index (χ1n) is 15.2. The summed E-state index contributed by atoms with van der Waals surface area (Å²) < 4.78 is 12.0. The van der Waals surface area contributed by atoms with Crippen LogP contribution in [0.4, 0.5) is 10.6 Å². The summed E-state index contributed by atoms with van der Waals surface area (Å²) in [6, 6.07) is 5.52. The molecule has 6 rings (SSSR count). The third kappa shape index (κ3) is 6.29. The van der Waals surface area contributed by atoms with Gasteiger partial charge >= 0.3 is 6.09 Å². The van der Waals surface area contributed by atoms with Gasteiger partial charge in [0.2, 0.25) is 5.91 Å². The van der Waals surface area contributed by atoms with E-state index >= 15 is 0 Å². The monoisotopic (exact) mass is 592 g/mol. The highest BCUT2D eigenvalue weighted by molar-refractivity contribution is 6.32. The highest BCUT2D eigenvalue weighted by Crippen LogP contribution is 2.66. The molecular weight excluding hydrogens is 552 g/mol. The Morgan fingerprint density at radius 3 is 2.74 bits per heavy atom. The summed E-state index contributed by atoms with van der Waals surface area (Å²) in [5.74, 6) is 3.15. The van der Waals surface area contributed by atoms with Gasteiger partial charge in [0.25, 0.3) is 0 Å². The topological polar surface area (TPSA) is 93.7 Å². The van der Waals surface area contributed by atoms with E-state index in [4.69, 9.17) is 21.1 Å². The van der Waals surface area contributed by atoms with Gasteiger partial charge in [-0.15, -0.1) is 0 Å². The zero-order valence-corrected chi connectivity index (χ0v) is 25.7. The predicted octanol–water partition coefficient (Wildman–Crippen LogP) is 6.93. The molecule has 2 aromatic heterocycles. The number of carbonyl (C=O) groups is 2. The van der Waals surface area contributed by atoms with Crippen LogP contribution in [-0.4, -0.2) is 51.7 Å². The highest BCUT2D eigenvalue weighted by Gasteiger charge is 2.58. The summed E-state index contributed by atoms with van der Waals surface area (Å²) in [6.45, 7) is 9.10. The average molecular weight is 593 g/mol. The molecule has 3 fully saturated rings. The molecule has 2 bridgehead atoms. The van der Waals surface area contributed by atoms with Crippen molar-refractivity contribution in [1.29, 1.82) is 0 Å². The van der Waals surface area contributed by atoms with E-state index in [0.717, 1.165) is 53.8 Å². The van der Waals surface area contributed by atoms with Gasteiger partial charge in [-0.1, -0.05) is 30.7 Å². The molecule has 0 aromatic carbocycles. The van der Waals surface area contributed by atoms with Gasteiger partial charge < -0.3 is 19.7 Å². The minimum Gasteiger partial charge on any atom is -0.489 e. The quantitative estimate of drug-likeness (QED) is 0.391. The smallest absolute Gasteiger partial charge is 0.410 e. The fourth-order valence-electron chi connectivity index (χ4n) is 7.71. The number of pyridine rings is 2. The lowest BCUT2D eigenvalue weighted by atomic mass is 9.55. The molecule has 9 heteroatoms. The third-order valence-corrected chi connectivity index (χ3v) is 9.68. The van der Waals surface area contributed by atoms with Crippen molar-refractivity contribution in [2.45, 2.75) is 84.3 Å². The van der Waals surface area contributed by atoms with E-state index in [1.165, 1.54) is 19.3 Å². The Morgan fingerprint density at radius 2 is 1.98 bits per heavy atom. The fourth-order valence-corrected chi connectivity index (χ4v) is 7.85. The summed E-state index contributed by atoms with van der Waals surface area (Å²) >= 11 is 6.46. The van der Waals surface area contributed by atoms with Crippen LogP contribution < -0.4 is 10.1 Å². The SMILES string of the molecule is CC(C)(C)OC(=O)N1CCC=C(c2ccc(CC(=O)Nc3cc(OC4CC5CC6C(C4)C[C@@]6(C)C5)c(Cl)cn3)cn2)C1. The van der Waals surface area contributed by atoms with E-state index in [1.54, 1.807) is 23.4 Å². The van der Waals surface area contributed by atoms with Crippen LogP contribution in [0.2, 0.25) is 5.02 Å². The molecule has 0 spiro atoms. The number of amides is 2. The van der Waals surface area contributed by atoms with Crippen molar-refractivity contribution < 1.29 is 19.1 Å². The second-order valence-electron chi connectivity index (χ2n) is 13.9. The number of ether oxygens (including phenoxy) is 2. The Balaban J connectivity index is 1.03. The van der Waals surface area contributed by atoms with Crippen LogP contribution in [0.1, 0.15) is 77.5 Å². The number of halogens is 1. The summed E-state index contributed by atoms with van der Waals surface area (Å²) in [4.78, 5) is 36.0. The number of carbonyl (C=O) groups excluding carboxylic acids is 2. The van der Waals surface area contributed by atoms with Crippen LogP contribution in [0.15, 0.2) is 36.7 Å². The number of anilines is 1. The lowest BCUT2D eigenvalue weighted by molar-refractivity contribution is -0.115. The Bertz CT molecular complexity index is 1380.